The summed E-state index contributed by atoms with van der Waals surface area (Å²) in [4.78, 5) is 32.9. The molecule has 3 aromatic carbocycles. The van der Waals surface area contributed by atoms with E-state index >= 15 is 0 Å². The van der Waals surface area contributed by atoms with Gasteiger partial charge in [0.1, 0.15) is 0 Å². The third-order valence-electron chi connectivity index (χ3n) is 7.18. The summed E-state index contributed by atoms with van der Waals surface area (Å²) in [5.74, 6) is -0.387. The summed E-state index contributed by atoms with van der Waals surface area (Å²) >= 11 is 0. The number of hydrogen-bond donors (Lipinski definition) is 2. The quantitative estimate of drug-likeness (QED) is 0.278. The highest BCUT2D eigenvalue weighted by Crippen LogP contribution is 2.30. The molecule has 5 rings (SSSR count). The highest BCUT2D eigenvalue weighted by molar-refractivity contribution is 6.06. The summed E-state index contributed by atoms with van der Waals surface area (Å²) in [6.45, 7) is 4.09. The van der Waals surface area contributed by atoms with Gasteiger partial charge in [0.05, 0.1) is 5.56 Å². The molecule has 6 nitrogen and oxygen atoms in total. The van der Waals surface area contributed by atoms with E-state index in [-0.39, 0.29) is 11.8 Å². The molecule has 4 aromatic rings. The summed E-state index contributed by atoms with van der Waals surface area (Å²) in [6.07, 6.45) is 7.65. The SMILES string of the molecule is CCCCc1ccc(C(=O)Nc2ccc(N3CCc4ccccc4C3)c(C(=O)NCc3cccnc3)c2)cc1. The van der Waals surface area contributed by atoms with Crippen LogP contribution in [0.5, 0.6) is 0 Å². The highest BCUT2D eigenvalue weighted by Gasteiger charge is 2.22. The Morgan fingerprint density at radius 1 is 0.897 bits per heavy atom. The van der Waals surface area contributed by atoms with E-state index in [0.29, 0.717) is 23.4 Å². The van der Waals surface area contributed by atoms with Crippen LogP contribution >= 0.6 is 0 Å². The Balaban J connectivity index is 1.37. The molecular formula is C33H34N4O2. The zero-order valence-electron chi connectivity index (χ0n) is 22.3. The number of fused-ring (bicyclic) bond motifs is 1. The Labute approximate surface area is 230 Å². The maximum absolute atomic E-state index is 13.5. The minimum atomic E-state index is -0.196. The number of anilines is 2. The fourth-order valence-corrected chi connectivity index (χ4v) is 4.96. The van der Waals surface area contributed by atoms with Crippen molar-refractivity contribution >= 4 is 23.2 Å². The smallest absolute Gasteiger partial charge is 0.255 e. The van der Waals surface area contributed by atoms with Crippen LogP contribution < -0.4 is 15.5 Å². The van der Waals surface area contributed by atoms with Crippen LogP contribution in [0, 0.1) is 0 Å². The molecule has 1 aromatic heterocycles. The number of aryl methyl sites for hydroxylation is 1. The normalized spacial score (nSPS) is 12.5. The molecule has 0 bridgehead atoms. The van der Waals surface area contributed by atoms with Gasteiger partial charge >= 0.3 is 0 Å². The minimum Gasteiger partial charge on any atom is -0.366 e. The molecule has 0 saturated carbocycles. The van der Waals surface area contributed by atoms with Crippen molar-refractivity contribution in [2.24, 2.45) is 0 Å². The molecule has 198 valence electrons. The van der Waals surface area contributed by atoms with Crippen molar-refractivity contribution in [1.82, 2.24) is 10.3 Å². The zero-order valence-corrected chi connectivity index (χ0v) is 22.3. The van der Waals surface area contributed by atoms with E-state index < -0.39 is 0 Å². The second-order valence-electron chi connectivity index (χ2n) is 9.97. The molecule has 0 radical (unpaired) electrons. The van der Waals surface area contributed by atoms with Gasteiger partial charge in [0.15, 0.2) is 0 Å². The predicted octanol–water partition coefficient (Wildman–Crippen LogP) is 6.17. The molecule has 0 spiro atoms. The lowest BCUT2D eigenvalue weighted by Gasteiger charge is -2.32. The van der Waals surface area contributed by atoms with Gasteiger partial charge in [0, 0.05) is 49.0 Å². The lowest BCUT2D eigenvalue weighted by Crippen LogP contribution is -2.33. The van der Waals surface area contributed by atoms with Crippen molar-refractivity contribution < 1.29 is 9.59 Å². The molecule has 1 aliphatic rings. The molecule has 1 aliphatic heterocycles. The van der Waals surface area contributed by atoms with Gasteiger partial charge in [-0.1, -0.05) is 55.8 Å². The Hall–Kier alpha value is -4.45. The average molecular weight is 519 g/mol. The molecular weight excluding hydrogens is 484 g/mol. The Morgan fingerprint density at radius 3 is 2.49 bits per heavy atom. The number of aromatic nitrogens is 1. The summed E-state index contributed by atoms with van der Waals surface area (Å²) in [6, 6.07) is 25.6. The van der Waals surface area contributed by atoms with Crippen molar-refractivity contribution in [2.45, 2.75) is 45.7 Å². The van der Waals surface area contributed by atoms with E-state index in [4.69, 9.17) is 0 Å². The Bertz CT molecular complexity index is 1430. The molecule has 0 atom stereocenters. The van der Waals surface area contributed by atoms with E-state index in [1.165, 1.54) is 16.7 Å². The highest BCUT2D eigenvalue weighted by atomic mass is 16.2. The van der Waals surface area contributed by atoms with Gasteiger partial charge in [0.2, 0.25) is 0 Å². The van der Waals surface area contributed by atoms with Crippen molar-refractivity contribution in [1.29, 1.82) is 0 Å². The van der Waals surface area contributed by atoms with Crippen LogP contribution in [0.3, 0.4) is 0 Å². The lowest BCUT2D eigenvalue weighted by molar-refractivity contribution is 0.0950. The molecule has 0 unspecified atom stereocenters. The summed E-state index contributed by atoms with van der Waals surface area (Å²) in [7, 11) is 0. The van der Waals surface area contributed by atoms with E-state index in [9.17, 15) is 9.59 Å². The molecule has 2 heterocycles. The van der Waals surface area contributed by atoms with Gasteiger partial charge in [-0.05, 0) is 77.9 Å². The zero-order chi connectivity index (χ0) is 27.0. The van der Waals surface area contributed by atoms with Crippen LogP contribution in [0.1, 0.15) is 62.7 Å². The monoisotopic (exact) mass is 518 g/mol. The largest absolute Gasteiger partial charge is 0.366 e. The fraction of sp³-hybridized carbons (Fsp3) is 0.242. The van der Waals surface area contributed by atoms with Crippen molar-refractivity contribution in [2.75, 3.05) is 16.8 Å². The molecule has 0 saturated heterocycles. The first-order valence-electron chi connectivity index (χ1n) is 13.6. The third kappa shape index (κ3) is 6.52. The number of pyridine rings is 1. The first-order chi connectivity index (χ1) is 19.1. The number of amides is 2. The molecule has 0 fully saturated rings. The molecule has 2 amide bonds. The summed E-state index contributed by atoms with van der Waals surface area (Å²) in [5, 5.41) is 6.02. The molecule has 0 aliphatic carbocycles. The summed E-state index contributed by atoms with van der Waals surface area (Å²) < 4.78 is 0. The number of nitrogens with zero attached hydrogens (tertiary/aromatic N) is 2. The maximum atomic E-state index is 13.5. The van der Waals surface area contributed by atoms with Crippen molar-refractivity contribution in [3.8, 4) is 0 Å². The van der Waals surface area contributed by atoms with Crippen LogP contribution in [0.4, 0.5) is 11.4 Å². The van der Waals surface area contributed by atoms with Crippen LogP contribution in [0.2, 0.25) is 0 Å². The maximum Gasteiger partial charge on any atom is 0.255 e. The number of carbonyl (C=O) groups excluding carboxylic acids is 2. The number of nitrogens with one attached hydrogen (secondary N) is 2. The first kappa shape index (κ1) is 26.2. The predicted molar refractivity (Wildman–Crippen MR) is 156 cm³/mol. The van der Waals surface area contributed by atoms with Gasteiger partial charge in [0.25, 0.3) is 11.8 Å². The topological polar surface area (TPSA) is 74.3 Å². The number of hydrogen-bond acceptors (Lipinski definition) is 4. The lowest BCUT2D eigenvalue weighted by atomic mass is 9.98. The Morgan fingerprint density at radius 2 is 1.72 bits per heavy atom. The van der Waals surface area contributed by atoms with Crippen LogP contribution in [-0.2, 0) is 25.9 Å². The fourth-order valence-electron chi connectivity index (χ4n) is 4.96. The van der Waals surface area contributed by atoms with Gasteiger partial charge < -0.3 is 15.5 Å². The standard InChI is InChI=1S/C33H34N4O2/c1-2-3-7-24-11-13-27(14-12-24)32(38)36-29-15-16-31(37-19-17-26-9-4-5-10-28(26)23-37)30(20-29)33(39)35-22-25-8-6-18-34-21-25/h4-6,8-16,18,20-21H,2-3,7,17,19,22-23H2,1H3,(H,35,39)(H,36,38). The van der Waals surface area contributed by atoms with Crippen LogP contribution in [-0.4, -0.2) is 23.3 Å². The van der Waals surface area contributed by atoms with Gasteiger partial charge in [-0.2, -0.15) is 0 Å². The van der Waals surface area contributed by atoms with Gasteiger partial charge in [-0.3, -0.25) is 14.6 Å². The van der Waals surface area contributed by atoms with E-state index in [1.807, 2.05) is 48.5 Å². The van der Waals surface area contributed by atoms with Crippen molar-refractivity contribution in [3.63, 3.8) is 0 Å². The summed E-state index contributed by atoms with van der Waals surface area (Å²) in [5.41, 5.74) is 7.33. The second-order valence-corrected chi connectivity index (χ2v) is 9.97. The molecule has 39 heavy (non-hydrogen) atoms. The number of carbonyl (C=O) groups is 2. The second kappa shape index (κ2) is 12.4. The van der Waals surface area contributed by atoms with E-state index in [2.05, 4.69) is 51.7 Å². The first-order valence-corrected chi connectivity index (χ1v) is 13.6. The molecule has 6 heteroatoms. The third-order valence-corrected chi connectivity index (χ3v) is 7.18. The number of benzene rings is 3. The minimum absolute atomic E-state index is 0.191. The van der Waals surface area contributed by atoms with Crippen LogP contribution in [0.15, 0.2) is 91.3 Å². The van der Waals surface area contributed by atoms with Crippen LogP contribution in [0.25, 0.3) is 0 Å². The Kier molecular flexibility index (Phi) is 8.32. The average Bonchev–Trinajstić information content (AvgIpc) is 2.99. The number of unbranched alkanes of at least 4 members (excludes halogenated alkanes) is 1. The number of rotatable bonds is 9. The molecule has 2 N–H and O–H groups in total. The van der Waals surface area contributed by atoms with Gasteiger partial charge in [-0.15, -0.1) is 0 Å². The van der Waals surface area contributed by atoms with Gasteiger partial charge in [-0.25, -0.2) is 0 Å². The van der Waals surface area contributed by atoms with E-state index in [0.717, 1.165) is 50.0 Å². The van der Waals surface area contributed by atoms with Crippen molar-refractivity contribution in [3.05, 3.63) is 125 Å². The van der Waals surface area contributed by atoms with E-state index in [1.54, 1.807) is 18.5 Å².